The summed E-state index contributed by atoms with van der Waals surface area (Å²) in [6, 6.07) is 16.7. The molecule has 0 bridgehead atoms. The Labute approximate surface area is 233 Å². The largest absolute Gasteiger partial charge is 0.494 e. The van der Waals surface area contributed by atoms with Crippen molar-refractivity contribution in [1.29, 1.82) is 0 Å². The molecule has 0 saturated carbocycles. The summed E-state index contributed by atoms with van der Waals surface area (Å²) in [5, 5.41) is 0. The molecule has 2 rings (SSSR count). The fraction of sp³-hybridized carbons (Fsp3) is 0.629. The van der Waals surface area contributed by atoms with E-state index in [1.54, 1.807) is 0 Å². The third-order valence-corrected chi connectivity index (χ3v) is 7.38. The summed E-state index contributed by atoms with van der Waals surface area (Å²) >= 11 is 0. The Morgan fingerprint density at radius 3 is 1.58 bits per heavy atom. The first kappa shape index (κ1) is 31.9. The smallest absolute Gasteiger partial charge is 0.306 e. The highest BCUT2D eigenvalue weighted by atomic mass is 16.5. The molecular weight excluding hydrogens is 468 g/mol. The zero-order valence-corrected chi connectivity index (χ0v) is 24.6. The van der Waals surface area contributed by atoms with Crippen molar-refractivity contribution in [2.75, 3.05) is 6.61 Å². The van der Waals surface area contributed by atoms with Crippen LogP contribution in [0.15, 0.2) is 48.5 Å². The van der Waals surface area contributed by atoms with Crippen molar-refractivity contribution in [3.8, 4) is 16.9 Å². The van der Waals surface area contributed by atoms with Crippen LogP contribution in [0.25, 0.3) is 11.1 Å². The first-order valence-corrected chi connectivity index (χ1v) is 15.7. The molecule has 3 nitrogen and oxygen atoms in total. The minimum atomic E-state index is -0.225. The first-order valence-electron chi connectivity index (χ1n) is 15.7. The van der Waals surface area contributed by atoms with Gasteiger partial charge in [-0.1, -0.05) is 140 Å². The lowest BCUT2D eigenvalue weighted by atomic mass is 10.0. The average molecular weight is 523 g/mol. The van der Waals surface area contributed by atoms with Gasteiger partial charge in [0, 0.05) is 6.42 Å². The highest BCUT2D eigenvalue weighted by molar-refractivity contribution is 5.70. The van der Waals surface area contributed by atoms with Gasteiger partial charge in [-0.25, -0.2) is 0 Å². The Bertz CT molecular complexity index is 840. The maximum Gasteiger partial charge on any atom is 0.306 e. The molecule has 0 saturated heterocycles. The topological polar surface area (TPSA) is 35.5 Å². The van der Waals surface area contributed by atoms with Crippen LogP contribution in [-0.4, -0.2) is 12.6 Å². The molecule has 0 aromatic heterocycles. The average Bonchev–Trinajstić information content (AvgIpc) is 2.94. The Balaban J connectivity index is 1.61. The van der Waals surface area contributed by atoms with Crippen LogP contribution in [0.1, 0.15) is 142 Å². The molecule has 212 valence electrons. The van der Waals surface area contributed by atoms with Crippen molar-refractivity contribution in [1.82, 2.24) is 0 Å². The molecule has 2 aromatic carbocycles. The van der Waals surface area contributed by atoms with Gasteiger partial charge in [0.25, 0.3) is 0 Å². The molecule has 0 aliphatic rings. The third-order valence-electron chi connectivity index (χ3n) is 7.38. The molecule has 0 spiro atoms. The van der Waals surface area contributed by atoms with Gasteiger partial charge in [0.05, 0.1) is 6.61 Å². The minimum Gasteiger partial charge on any atom is -0.494 e. The van der Waals surface area contributed by atoms with Crippen LogP contribution in [0.5, 0.6) is 5.75 Å². The maximum atomic E-state index is 12.3. The van der Waals surface area contributed by atoms with E-state index in [0.717, 1.165) is 48.3 Å². The second kappa shape index (κ2) is 20.6. The molecule has 0 amide bonds. The molecule has 0 radical (unpaired) electrons. The lowest BCUT2D eigenvalue weighted by Crippen LogP contribution is -2.08. The quantitative estimate of drug-likeness (QED) is 0.114. The fourth-order valence-corrected chi connectivity index (χ4v) is 4.84. The van der Waals surface area contributed by atoms with E-state index in [4.69, 9.17) is 9.47 Å². The van der Waals surface area contributed by atoms with Gasteiger partial charge < -0.3 is 9.47 Å². The summed E-state index contributed by atoms with van der Waals surface area (Å²) < 4.78 is 11.6. The van der Waals surface area contributed by atoms with Crippen LogP contribution >= 0.6 is 0 Å². The fourth-order valence-electron chi connectivity index (χ4n) is 4.84. The van der Waals surface area contributed by atoms with Crippen LogP contribution < -0.4 is 4.74 Å². The molecule has 0 N–H and O–H groups in total. The van der Waals surface area contributed by atoms with Crippen molar-refractivity contribution in [3.05, 3.63) is 54.1 Å². The summed E-state index contributed by atoms with van der Waals surface area (Å²) in [5.74, 6) is 0.845. The Morgan fingerprint density at radius 2 is 1.05 bits per heavy atom. The van der Waals surface area contributed by atoms with Gasteiger partial charge in [0.2, 0.25) is 0 Å². The van der Waals surface area contributed by atoms with Crippen molar-refractivity contribution in [2.45, 2.75) is 136 Å². The lowest BCUT2D eigenvalue weighted by Gasteiger charge is -2.14. The van der Waals surface area contributed by atoms with E-state index < -0.39 is 0 Å². The number of esters is 1. The van der Waals surface area contributed by atoms with Crippen LogP contribution in [0, 0.1) is 0 Å². The molecule has 0 heterocycles. The summed E-state index contributed by atoms with van der Waals surface area (Å²) in [6.45, 7) is 7.25. The van der Waals surface area contributed by atoms with Crippen LogP contribution in [-0.2, 0) is 9.53 Å². The summed E-state index contributed by atoms with van der Waals surface area (Å²) in [5.41, 5.74) is 3.34. The van der Waals surface area contributed by atoms with Crippen LogP contribution in [0.4, 0.5) is 0 Å². The summed E-state index contributed by atoms with van der Waals surface area (Å²) in [4.78, 5) is 12.3. The second-order valence-electron chi connectivity index (χ2n) is 10.8. The van der Waals surface area contributed by atoms with Gasteiger partial charge in [-0.05, 0) is 48.6 Å². The highest BCUT2D eigenvalue weighted by Crippen LogP contribution is 2.26. The molecule has 0 aliphatic heterocycles. The predicted octanol–water partition coefficient (Wildman–Crippen LogP) is 11.0. The maximum absolute atomic E-state index is 12.3. The Hall–Kier alpha value is -2.29. The van der Waals surface area contributed by atoms with Gasteiger partial charge in [0.15, 0.2) is 0 Å². The molecule has 2 aromatic rings. The van der Waals surface area contributed by atoms with Crippen LogP contribution in [0.3, 0.4) is 0 Å². The van der Waals surface area contributed by atoms with Gasteiger partial charge in [0.1, 0.15) is 11.9 Å². The van der Waals surface area contributed by atoms with Gasteiger partial charge in [-0.15, -0.1) is 0 Å². The number of benzene rings is 2. The number of rotatable bonds is 22. The van der Waals surface area contributed by atoms with E-state index in [9.17, 15) is 4.79 Å². The Morgan fingerprint density at radius 1 is 0.605 bits per heavy atom. The zero-order valence-electron chi connectivity index (χ0n) is 24.6. The molecule has 3 heteroatoms. The molecule has 0 fully saturated rings. The number of carbonyl (C=O) groups is 1. The number of ether oxygens (including phenoxy) is 2. The monoisotopic (exact) mass is 522 g/mol. The standard InChI is InChI=1S/C35H54O3/c1-4-6-8-10-11-12-13-14-15-16-18-20-35(36)38-30(3)31-21-23-32(24-22-31)33-25-27-34(28-26-33)37-29-19-17-9-7-5-2/h21-28,30H,4-20,29H2,1-3H3. The number of hydrogen-bond donors (Lipinski definition) is 0. The van der Waals surface area contributed by atoms with Crippen LogP contribution in [0.2, 0.25) is 0 Å². The second-order valence-corrected chi connectivity index (χ2v) is 10.8. The molecular formula is C35H54O3. The number of hydrogen-bond acceptors (Lipinski definition) is 3. The number of carbonyl (C=O) groups excluding carboxylic acids is 1. The molecule has 38 heavy (non-hydrogen) atoms. The van der Waals surface area contributed by atoms with Crippen molar-refractivity contribution in [3.63, 3.8) is 0 Å². The normalized spacial score (nSPS) is 11.9. The van der Waals surface area contributed by atoms with Crippen molar-refractivity contribution >= 4 is 5.97 Å². The van der Waals surface area contributed by atoms with Gasteiger partial charge in [-0.2, -0.15) is 0 Å². The third kappa shape index (κ3) is 14.0. The summed E-state index contributed by atoms with van der Waals surface area (Å²) in [7, 11) is 0. The van der Waals surface area contributed by atoms with E-state index in [-0.39, 0.29) is 12.1 Å². The summed E-state index contributed by atoms with van der Waals surface area (Å²) in [6.07, 6.45) is 20.7. The van der Waals surface area contributed by atoms with E-state index >= 15 is 0 Å². The van der Waals surface area contributed by atoms with Crippen molar-refractivity contribution < 1.29 is 14.3 Å². The lowest BCUT2D eigenvalue weighted by molar-refractivity contribution is -0.148. The zero-order chi connectivity index (χ0) is 27.3. The highest BCUT2D eigenvalue weighted by Gasteiger charge is 2.12. The van der Waals surface area contributed by atoms with E-state index in [1.165, 1.54) is 83.5 Å². The molecule has 1 unspecified atom stereocenters. The predicted molar refractivity (Wildman–Crippen MR) is 162 cm³/mol. The van der Waals surface area contributed by atoms with E-state index in [0.29, 0.717) is 6.42 Å². The van der Waals surface area contributed by atoms with Gasteiger partial charge in [-0.3, -0.25) is 4.79 Å². The van der Waals surface area contributed by atoms with Gasteiger partial charge >= 0.3 is 5.97 Å². The Kier molecular flexibility index (Phi) is 17.3. The van der Waals surface area contributed by atoms with E-state index in [2.05, 4.69) is 50.2 Å². The molecule has 0 aliphatic carbocycles. The minimum absolute atomic E-state index is 0.0848. The van der Waals surface area contributed by atoms with Crippen molar-refractivity contribution in [2.24, 2.45) is 0 Å². The molecule has 1 atom stereocenters. The SMILES string of the molecule is CCCCCCCCCCCCCC(=O)OC(C)c1ccc(-c2ccc(OCCCCCCC)cc2)cc1. The first-order chi connectivity index (χ1) is 18.6. The van der Waals surface area contributed by atoms with E-state index in [1.807, 2.05) is 19.1 Å². The number of unbranched alkanes of at least 4 members (excludes halogenated alkanes) is 14.